The summed E-state index contributed by atoms with van der Waals surface area (Å²) in [5.41, 5.74) is 1.87. The van der Waals surface area contributed by atoms with Gasteiger partial charge in [0.15, 0.2) is 0 Å². The topological polar surface area (TPSA) is 130 Å². The monoisotopic (exact) mass is 838 g/mol. The molecule has 0 aliphatic carbocycles. The molecule has 11 nitrogen and oxygen atoms in total. The minimum Gasteiger partial charge on any atom is -0.465 e. The molecule has 0 aromatic heterocycles. The summed E-state index contributed by atoms with van der Waals surface area (Å²) in [4.78, 5) is 39.0. The van der Waals surface area contributed by atoms with Crippen LogP contribution in [0.1, 0.15) is 99.0 Å². The number of Topliss-reactive ketones (excluding diaryl/α,β-unsaturated/α-hetero) is 1. The van der Waals surface area contributed by atoms with Crippen molar-refractivity contribution >= 4 is 58.5 Å². The normalized spacial score (nSPS) is 15.5. The standard InChI is InChI=1S/C48H63N4O7P/c1-32(2)52(33(3)4)60(58-27-13-25-49)59-44(34(5)30-57-45(54)24-17-36(7)53)28-35(6)51-29-42(48(55)50-37(51)8)31-56-26-11-9-10-14-38-18-19-41-21-20-39-15-12-16-40-22-23-43(38)47(41)46(39)40/h12,15-16,18-23,29,32-35,44H,8-11,13-14,17,24,26-28,30-31H2,1-7H3,(H,50,55)/t34?,35?,44-,60?/m0/s1. The van der Waals surface area contributed by atoms with E-state index in [4.69, 9.17) is 18.5 Å². The molecule has 4 aromatic rings. The molecule has 3 unspecified atom stereocenters. The van der Waals surface area contributed by atoms with Gasteiger partial charge in [-0.05, 0) is 105 Å². The van der Waals surface area contributed by atoms with E-state index < -0.39 is 20.6 Å². The number of nitrogens with zero attached hydrogens (tertiary/aromatic N) is 3. The highest BCUT2D eigenvalue weighted by Crippen LogP contribution is 2.49. The van der Waals surface area contributed by atoms with Crippen LogP contribution in [-0.2, 0) is 39.3 Å². The summed E-state index contributed by atoms with van der Waals surface area (Å²) < 4.78 is 26.9. The summed E-state index contributed by atoms with van der Waals surface area (Å²) in [5.74, 6) is -0.562. The number of aryl methyl sites for hydroxylation is 1. The molecule has 322 valence electrons. The van der Waals surface area contributed by atoms with Gasteiger partial charge in [-0.3, -0.25) is 9.59 Å². The largest absolute Gasteiger partial charge is 0.465 e. The lowest BCUT2D eigenvalue weighted by Crippen LogP contribution is -2.45. The van der Waals surface area contributed by atoms with Gasteiger partial charge < -0.3 is 33.5 Å². The molecule has 1 N–H and O–H groups in total. The number of esters is 1. The highest BCUT2D eigenvalue weighted by molar-refractivity contribution is 7.44. The first-order valence-corrected chi connectivity index (χ1v) is 22.5. The number of hydrogen-bond acceptors (Lipinski definition) is 10. The van der Waals surface area contributed by atoms with E-state index in [0.29, 0.717) is 24.4 Å². The van der Waals surface area contributed by atoms with E-state index in [2.05, 4.69) is 105 Å². The first kappa shape index (κ1) is 46.6. The fourth-order valence-electron chi connectivity index (χ4n) is 7.89. The van der Waals surface area contributed by atoms with Crippen LogP contribution < -0.4 is 5.32 Å². The van der Waals surface area contributed by atoms with Crippen LogP contribution in [0.5, 0.6) is 0 Å². The van der Waals surface area contributed by atoms with E-state index in [-0.39, 0.29) is 74.8 Å². The fourth-order valence-corrected chi connectivity index (χ4v) is 9.72. The second kappa shape index (κ2) is 22.4. The zero-order valence-corrected chi connectivity index (χ0v) is 37.4. The molecule has 1 heterocycles. The summed E-state index contributed by atoms with van der Waals surface area (Å²) in [6.45, 7) is 18.9. The molecule has 0 spiro atoms. The van der Waals surface area contributed by atoms with Crippen LogP contribution in [0.15, 0.2) is 78.8 Å². The molecule has 1 amide bonds. The highest BCUT2D eigenvalue weighted by Gasteiger charge is 2.35. The minimum absolute atomic E-state index is 0.0216. The molecule has 0 saturated heterocycles. The number of hydrogen-bond donors (Lipinski definition) is 1. The van der Waals surface area contributed by atoms with Crippen molar-refractivity contribution in [3.05, 3.63) is 84.3 Å². The van der Waals surface area contributed by atoms with Crippen molar-refractivity contribution in [3.63, 3.8) is 0 Å². The third-order valence-corrected chi connectivity index (χ3v) is 13.2. The van der Waals surface area contributed by atoms with Gasteiger partial charge in [-0.25, -0.2) is 4.67 Å². The number of nitriles is 1. The van der Waals surface area contributed by atoms with Gasteiger partial charge in [0, 0.05) is 43.3 Å². The molecule has 4 aromatic carbocycles. The number of benzene rings is 4. The minimum atomic E-state index is -1.60. The quantitative estimate of drug-likeness (QED) is 0.0298. The molecular weight excluding hydrogens is 776 g/mol. The molecule has 12 heteroatoms. The van der Waals surface area contributed by atoms with Gasteiger partial charge in [0.1, 0.15) is 11.6 Å². The van der Waals surface area contributed by atoms with Gasteiger partial charge >= 0.3 is 5.97 Å². The molecule has 5 rings (SSSR count). The summed E-state index contributed by atoms with van der Waals surface area (Å²) in [6.07, 6.45) is 6.13. The van der Waals surface area contributed by atoms with Crippen molar-refractivity contribution in [2.24, 2.45) is 5.92 Å². The van der Waals surface area contributed by atoms with E-state index in [0.717, 1.165) is 25.7 Å². The van der Waals surface area contributed by atoms with Crippen LogP contribution >= 0.6 is 8.53 Å². The fraction of sp³-hybridized carbons (Fsp3) is 0.500. The third kappa shape index (κ3) is 12.3. The Hall–Kier alpha value is -4.43. The Kier molecular flexibility index (Phi) is 17.4. The average Bonchev–Trinajstić information content (AvgIpc) is 3.21. The number of ether oxygens (including phenoxy) is 2. The van der Waals surface area contributed by atoms with E-state index in [1.165, 1.54) is 44.8 Å². The van der Waals surface area contributed by atoms with Gasteiger partial charge in [-0.1, -0.05) is 74.5 Å². The summed E-state index contributed by atoms with van der Waals surface area (Å²) in [5, 5.41) is 20.0. The Morgan fingerprint density at radius 1 is 0.900 bits per heavy atom. The van der Waals surface area contributed by atoms with Crippen LogP contribution in [0, 0.1) is 17.2 Å². The van der Waals surface area contributed by atoms with Crippen LogP contribution in [0.4, 0.5) is 0 Å². The molecule has 1 aliphatic heterocycles. The zero-order valence-electron chi connectivity index (χ0n) is 36.5. The molecule has 0 radical (unpaired) electrons. The maximum atomic E-state index is 13.1. The van der Waals surface area contributed by atoms with Crippen molar-refractivity contribution < 1.29 is 32.9 Å². The Bertz CT molecular complexity index is 2140. The Balaban J connectivity index is 1.19. The zero-order chi connectivity index (χ0) is 43.3. The van der Waals surface area contributed by atoms with Gasteiger partial charge in [0.25, 0.3) is 14.4 Å². The molecule has 1 aliphatic rings. The lowest BCUT2D eigenvalue weighted by atomic mass is 9.90. The van der Waals surface area contributed by atoms with Crippen molar-refractivity contribution in [1.29, 1.82) is 5.26 Å². The average molecular weight is 839 g/mol. The second-order valence-electron chi connectivity index (χ2n) is 16.5. The first-order valence-electron chi connectivity index (χ1n) is 21.4. The maximum Gasteiger partial charge on any atom is 0.306 e. The predicted molar refractivity (Wildman–Crippen MR) is 240 cm³/mol. The number of ketones is 1. The van der Waals surface area contributed by atoms with Gasteiger partial charge in [-0.15, -0.1) is 0 Å². The summed E-state index contributed by atoms with van der Waals surface area (Å²) >= 11 is 0. The number of carbonyl (C=O) groups is 3. The van der Waals surface area contributed by atoms with Gasteiger partial charge in [0.05, 0.1) is 50.4 Å². The van der Waals surface area contributed by atoms with Crippen LogP contribution in [0.25, 0.3) is 32.3 Å². The van der Waals surface area contributed by atoms with Crippen molar-refractivity contribution in [1.82, 2.24) is 14.9 Å². The number of nitrogens with one attached hydrogen (secondary N) is 1. The Morgan fingerprint density at radius 3 is 2.27 bits per heavy atom. The highest BCUT2D eigenvalue weighted by atomic mass is 31.2. The summed E-state index contributed by atoms with van der Waals surface area (Å²) in [7, 11) is -1.60. The van der Waals surface area contributed by atoms with Crippen molar-refractivity contribution in [2.75, 3.05) is 26.4 Å². The molecule has 0 saturated carbocycles. The van der Waals surface area contributed by atoms with Crippen molar-refractivity contribution in [2.45, 2.75) is 124 Å². The van der Waals surface area contributed by atoms with E-state index >= 15 is 0 Å². The first-order chi connectivity index (χ1) is 28.8. The van der Waals surface area contributed by atoms with Crippen LogP contribution in [0.2, 0.25) is 0 Å². The lowest BCUT2D eigenvalue weighted by molar-refractivity contribution is -0.146. The number of unbranched alkanes of at least 4 members (excludes halogenated alkanes) is 2. The number of rotatable bonds is 25. The SMILES string of the molecule is C=C1NC(=O)C(COCCCCCc2ccc3ccc4cccc5ccc2c3c45)=CN1C(C)C[C@H](OP(OCCC#N)N(C(C)C)C(C)C)C(C)COC(=O)CCC(C)=O. The third-order valence-electron chi connectivity index (χ3n) is 11.0. The van der Waals surface area contributed by atoms with E-state index in [1.54, 1.807) is 0 Å². The van der Waals surface area contributed by atoms with Crippen LogP contribution in [-0.4, -0.2) is 77.9 Å². The van der Waals surface area contributed by atoms with Gasteiger partial charge in [-0.2, -0.15) is 5.26 Å². The Morgan fingerprint density at radius 2 is 1.58 bits per heavy atom. The number of carbonyl (C=O) groups excluding carboxylic acids is 3. The van der Waals surface area contributed by atoms with Crippen molar-refractivity contribution in [3.8, 4) is 6.07 Å². The molecule has 0 fully saturated rings. The predicted octanol–water partition coefficient (Wildman–Crippen LogP) is 10.1. The lowest BCUT2D eigenvalue weighted by Gasteiger charge is -2.40. The molecule has 0 bridgehead atoms. The molecular formula is C48H63N4O7P. The summed E-state index contributed by atoms with van der Waals surface area (Å²) in [6, 6.07) is 22.1. The molecule has 60 heavy (non-hydrogen) atoms. The smallest absolute Gasteiger partial charge is 0.306 e. The van der Waals surface area contributed by atoms with Crippen LogP contribution in [0.3, 0.4) is 0 Å². The number of amides is 1. The van der Waals surface area contributed by atoms with Gasteiger partial charge in [0.2, 0.25) is 0 Å². The maximum absolute atomic E-state index is 13.1. The van der Waals surface area contributed by atoms with E-state index in [9.17, 15) is 19.6 Å². The molecule has 4 atom stereocenters. The van der Waals surface area contributed by atoms with E-state index in [1.807, 2.05) is 24.9 Å². The Labute approximate surface area is 357 Å². The second-order valence-corrected chi connectivity index (χ2v) is 18.0.